The second kappa shape index (κ2) is 8.79. The van der Waals surface area contributed by atoms with E-state index >= 15 is 0 Å². The van der Waals surface area contributed by atoms with Crippen LogP contribution in [0, 0.1) is 5.92 Å². The summed E-state index contributed by atoms with van der Waals surface area (Å²) < 4.78 is 0. The van der Waals surface area contributed by atoms with Gasteiger partial charge in [-0.25, -0.2) is 0 Å². The van der Waals surface area contributed by atoms with Crippen LogP contribution < -0.4 is 5.11 Å². The number of carbonyl (C=O) groups excluding carboxylic acids is 1. The predicted molar refractivity (Wildman–Crippen MR) is 56.7 cm³/mol. The highest BCUT2D eigenvalue weighted by molar-refractivity contribution is 5.64. The Kier molecular flexibility index (Phi) is 8.30. The Hall–Kier alpha value is -0.790. The lowest BCUT2D eigenvalue weighted by Crippen LogP contribution is -2.24. The number of carboxylic acids is 1. The Bertz CT molecular complexity index is 173. The molecule has 0 aromatic rings. The summed E-state index contributed by atoms with van der Waals surface area (Å²) in [4.78, 5) is 10.4. The molecule has 0 saturated carbocycles. The maximum absolute atomic E-state index is 10.4. The van der Waals surface area contributed by atoms with Crippen LogP contribution in [0.4, 0.5) is 0 Å². The number of aliphatic carboxylic acids is 1. The van der Waals surface area contributed by atoms with Crippen LogP contribution in [0.3, 0.4) is 0 Å². The van der Waals surface area contributed by atoms with E-state index < -0.39 is 5.97 Å². The fraction of sp³-hybridized carbons (Fsp3) is 0.750. The van der Waals surface area contributed by atoms with Gasteiger partial charge in [0.2, 0.25) is 0 Å². The summed E-state index contributed by atoms with van der Waals surface area (Å²) in [6.07, 6.45) is 9.69. The van der Waals surface area contributed by atoms with Crippen LogP contribution in [-0.4, -0.2) is 5.97 Å². The molecule has 0 aromatic heterocycles. The second-order valence-corrected chi connectivity index (χ2v) is 3.70. The average molecular weight is 197 g/mol. The van der Waals surface area contributed by atoms with Crippen LogP contribution in [0.15, 0.2) is 12.2 Å². The van der Waals surface area contributed by atoms with Gasteiger partial charge < -0.3 is 9.90 Å². The molecule has 0 rings (SSSR count). The molecule has 0 bridgehead atoms. The first kappa shape index (κ1) is 13.2. The molecule has 1 unspecified atom stereocenters. The van der Waals surface area contributed by atoms with Crippen molar-refractivity contribution in [1.29, 1.82) is 0 Å². The van der Waals surface area contributed by atoms with E-state index in [0.29, 0.717) is 0 Å². The largest absolute Gasteiger partial charge is 0.550 e. The van der Waals surface area contributed by atoms with Crippen molar-refractivity contribution in [2.75, 3.05) is 0 Å². The molecule has 1 atom stereocenters. The van der Waals surface area contributed by atoms with Gasteiger partial charge in [-0.1, -0.05) is 45.3 Å². The van der Waals surface area contributed by atoms with Gasteiger partial charge in [-0.15, -0.1) is 0 Å². The normalized spacial score (nSPS) is 13.3. The third-order valence-electron chi connectivity index (χ3n) is 2.22. The molecule has 0 aliphatic carbocycles. The maximum atomic E-state index is 10.4. The predicted octanol–water partition coefficient (Wildman–Crippen LogP) is 2.29. The molecule has 0 amide bonds. The SMILES string of the molecule is CCCC/C=C/C(CCC)CC(=O)[O-]. The molecule has 0 saturated heterocycles. The molecule has 0 spiro atoms. The van der Waals surface area contributed by atoms with Gasteiger partial charge in [0.25, 0.3) is 0 Å². The van der Waals surface area contributed by atoms with Gasteiger partial charge in [0.05, 0.1) is 0 Å². The van der Waals surface area contributed by atoms with E-state index in [4.69, 9.17) is 0 Å². The Morgan fingerprint density at radius 2 is 2.07 bits per heavy atom. The summed E-state index contributed by atoms with van der Waals surface area (Å²) in [5.74, 6) is -0.773. The Morgan fingerprint density at radius 3 is 2.57 bits per heavy atom. The van der Waals surface area contributed by atoms with E-state index in [0.717, 1.165) is 19.3 Å². The molecule has 14 heavy (non-hydrogen) atoms. The summed E-state index contributed by atoms with van der Waals surface area (Å²) in [5, 5.41) is 10.4. The van der Waals surface area contributed by atoms with Gasteiger partial charge in [-0.2, -0.15) is 0 Å². The highest BCUT2D eigenvalue weighted by atomic mass is 16.4. The minimum absolute atomic E-state index is 0.163. The van der Waals surface area contributed by atoms with Crippen molar-refractivity contribution in [1.82, 2.24) is 0 Å². The van der Waals surface area contributed by atoms with Crippen molar-refractivity contribution < 1.29 is 9.90 Å². The summed E-state index contributed by atoms with van der Waals surface area (Å²) in [6, 6.07) is 0. The first-order valence-electron chi connectivity index (χ1n) is 5.57. The number of hydrogen-bond acceptors (Lipinski definition) is 2. The van der Waals surface area contributed by atoms with E-state index in [1.54, 1.807) is 0 Å². The highest BCUT2D eigenvalue weighted by Gasteiger charge is 2.02. The maximum Gasteiger partial charge on any atom is 0.0420 e. The molecule has 0 aromatic carbocycles. The molecule has 0 N–H and O–H groups in total. The molecule has 82 valence electrons. The zero-order valence-electron chi connectivity index (χ0n) is 9.29. The van der Waals surface area contributed by atoms with E-state index in [9.17, 15) is 9.90 Å². The Balaban J connectivity index is 3.82. The third-order valence-corrected chi connectivity index (χ3v) is 2.22. The summed E-state index contributed by atoms with van der Waals surface area (Å²) in [7, 11) is 0. The lowest BCUT2D eigenvalue weighted by atomic mass is 9.99. The van der Waals surface area contributed by atoms with Crippen LogP contribution in [0.5, 0.6) is 0 Å². The number of hydrogen-bond donors (Lipinski definition) is 0. The first-order chi connectivity index (χ1) is 6.70. The molecule has 0 aliphatic rings. The number of allylic oxidation sites excluding steroid dienone is 2. The lowest BCUT2D eigenvalue weighted by molar-refractivity contribution is -0.306. The van der Waals surface area contributed by atoms with Crippen molar-refractivity contribution in [3.8, 4) is 0 Å². The van der Waals surface area contributed by atoms with Crippen LogP contribution in [0.1, 0.15) is 52.4 Å². The monoisotopic (exact) mass is 197 g/mol. The minimum atomic E-state index is -0.941. The smallest absolute Gasteiger partial charge is 0.0420 e. The fourth-order valence-electron chi connectivity index (χ4n) is 1.46. The van der Waals surface area contributed by atoms with Crippen LogP contribution >= 0.6 is 0 Å². The van der Waals surface area contributed by atoms with Crippen molar-refractivity contribution in [2.24, 2.45) is 5.92 Å². The quantitative estimate of drug-likeness (QED) is 0.442. The first-order valence-corrected chi connectivity index (χ1v) is 5.57. The average Bonchev–Trinajstić information content (AvgIpc) is 2.12. The zero-order valence-corrected chi connectivity index (χ0v) is 9.29. The topological polar surface area (TPSA) is 40.1 Å². The van der Waals surface area contributed by atoms with Crippen molar-refractivity contribution in [3.05, 3.63) is 12.2 Å². The molecule has 0 heterocycles. The standard InChI is InChI=1S/C12H22O2/c1-3-5-6-7-9-11(8-4-2)10-12(13)14/h7,9,11H,3-6,8,10H2,1-2H3,(H,13,14)/p-1/b9-7+. The van der Waals surface area contributed by atoms with Crippen LogP contribution in [-0.2, 0) is 4.79 Å². The van der Waals surface area contributed by atoms with Gasteiger partial charge in [-0.05, 0) is 25.2 Å². The van der Waals surface area contributed by atoms with E-state index in [2.05, 4.69) is 19.9 Å². The molecule has 2 nitrogen and oxygen atoms in total. The van der Waals surface area contributed by atoms with Gasteiger partial charge >= 0.3 is 0 Å². The third kappa shape index (κ3) is 7.84. The number of rotatable bonds is 8. The number of carboxylic acid groups (broad SMARTS) is 1. The van der Waals surface area contributed by atoms with E-state index in [1.165, 1.54) is 12.8 Å². The lowest BCUT2D eigenvalue weighted by Gasteiger charge is -2.11. The molecule has 0 aliphatic heterocycles. The van der Waals surface area contributed by atoms with E-state index in [-0.39, 0.29) is 12.3 Å². The van der Waals surface area contributed by atoms with Gasteiger partial charge in [0.1, 0.15) is 0 Å². The van der Waals surface area contributed by atoms with Crippen LogP contribution in [0.2, 0.25) is 0 Å². The highest BCUT2D eigenvalue weighted by Crippen LogP contribution is 2.13. The van der Waals surface area contributed by atoms with Gasteiger partial charge in [0, 0.05) is 5.97 Å². The van der Waals surface area contributed by atoms with Crippen LogP contribution in [0.25, 0.3) is 0 Å². The van der Waals surface area contributed by atoms with Crippen molar-refractivity contribution in [2.45, 2.75) is 52.4 Å². The minimum Gasteiger partial charge on any atom is -0.550 e. The number of unbranched alkanes of at least 4 members (excludes halogenated alkanes) is 2. The summed E-state index contributed by atoms with van der Waals surface area (Å²) in [5.41, 5.74) is 0. The fourth-order valence-corrected chi connectivity index (χ4v) is 1.46. The summed E-state index contributed by atoms with van der Waals surface area (Å²) >= 11 is 0. The molecular formula is C12H21O2-. The molecular weight excluding hydrogens is 176 g/mol. The van der Waals surface area contributed by atoms with Gasteiger partial charge in [0.15, 0.2) is 0 Å². The summed E-state index contributed by atoms with van der Waals surface area (Å²) in [6.45, 7) is 4.22. The molecule has 2 heteroatoms. The number of carbonyl (C=O) groups is 1. The second-order valence-electron chi connectivity index (χ2n) is 3.70. The van der Waals surface area contributed by atoms with Crippen molar-refractivity contribution in [3.63, 3.8) is 0 Å². The zero-order chi connectivity index (χ0) is 10.8. The molecule has 0 fully saturated rings. The van der Waals surface area contributed by atoms with Gasteiger partial charge in [-0.3, -0.25) is 0 Å². The Morgan fingerprint density at radius 1 is 1.36 bits per heavy atom. The Labute approximate surface area is 87.0 Å². The van der Waals surface area contributed by atoms with Crippen molar-refractivity contribution >= 4 is 5.97 Å². The molecule has 0 radical (unpaired) electrons. The van der Waals surface area contributed by atoms with E-state index in [1.807, 2.05) is 6.08 Å².